The Morgan fingerprint density at radius 3 is 1.31 bits per heavy atom. The van der Waals surface area contributed by atoms with Gasteiger partial charge in [0.2, 0.25) is 0 Å². The monoisotopic (exact) mass is 601 g/mol. The van der Waals surface area contributed by atoms with E-state index in [4.69, 9.17) is 8.39 Å². The maximum Gasteiger partial charge on any atom is 0.311 e. The van der Waals surface area contributed by atoms with Crippen molar-refractivity contribution in [2.45, 2.75) is 19.0 Å². The third kappa shape index (κ3) is 5.01. The molecule has 0 N–H and O–H groups in total. The van der Waals surface area contributed by atoms with Gasteiger partial charge in [0.05, 0.1) is 6.04 Å². The van der Waals surface area contributed by atoms with E-state index >= 15 is 0 Å². The number of nitrogens with zero attached hydrogens (tertiary/aromatic N) is 1. The zero-order valence-electron chi connectivity index (χ0n) is 25.0. The van der Waals surface area contributed by atoms with Crippen LogP contribution in [0.1, 0.15) is 35.7 Å². The van der Waals surface area contributed by atoms with Crippen LogP contribution in [-0.2, 0) is 0 Å². The van der Waals surface area contributed by atoms with E-state index in [9.17, 15) is 0 Å². The number of hydrogen-bond donors (Lipinski definition) is 0. The molecule has 3 nitrogen and oxygen atoms in total. The van der Waals surface area contributed by atoms with E-state index in [2.05, 4.69) is 175 Å². The zero-order valence-corrected chi connectivity index (χ0v) is 25.8. The Kier molecular flexibility index (Phi) is 7.19. The first-order valence-corrected chi connectivity index (χ1v) is 16.5. The lowest BCUT2D eigenvalue weighted by molar-refractivity contribution is 0.570. The number of hydrogen-bond acceptors (Lipinski definition) is 3. The molecule has 1 atom stereocenters. The molecule has 0 aliphatic rings. The van der Waals surface area contributed by atoms with Crippen LogP contribution < -0.4 is 4.67 Å². The van der Waals surface area contributed by atoms with Gasteiger partial charge in [-0.3, -0.25) is 0 Å². The maximum atomic E-state index is 7.19. The average Bonchev–Trinajstić information content (AvgIpc) is 3.28. The molecule has 0 aliphatic heterocycles. The van der Waals surface area contributed by atoms with Crippen LogP contribution >= 0.6 is 8.16 Å². The van der Waals surface area contributed by atoms with Gasteiger partial charge < -0.3 is 8.39 Å². The quantitative estimate of drug-likeness (QED) is 0.190. The van der Waals surface area contributed by atoms with Crippen LogP contribution in [0.25, 0.3) is 43.5 Å². The van der Waals surface area contributed by atoms with Crippen LogP contribution in [0.5, 0.6) is 0 Å². The molecule has 0 fully saturated rings. The molecule has 0 radical (unpaired) electrons. The van der Waals surface area contributed by atoms with Crippen LogP contribution in [0.4, 0.5) is 0 Å². The van der Waals surface area contributed by atoms with Crippen molar-refractivity contribution in [1.29, 1.82) is 0 Å². The van der Waals surface area contributed by atoms with Gasteiger partial charge in [-0.15, -0.1) is 0 Å². The Morgan fingerprint density at radius 2 is 0.844 bits per heavy atom. The van der Waals surface area contributed by atoms with Gasteiger partial charge in [-0.1, -0.05) is 152 Å². The van der Waals surface area contributed by atoms with Crippen LogP contribution in [0.3, 0.4) is 0 Å². The second-order valence-electron chi connectivity index (χ2n) is 11.4. The molecule has 0 spiro atoms. The van der Waals surface area contributed by atoms with Crippen LogP contribution in [0.15, 0.2) is 172 Å². The van der Waals surface area contributed by atoms with Gasteiger partial charge in [-0.25, -0.2) is 0 Å². The highest BCUT2D eigenvalue weighted by Crippen LogP contribution is 2.49. The number of rotatable bonds is 6. The van der Waals surface area contributed by atoms with Crippen molar-refractivity contribution in [1.82, 2.24) is 0 Å². The zero-order chi connectivity index (χ0) is 30.2. The predicted molar refractivity (Wildman–Crippen MR) is 189 cm³/mol. The van der Waals surface area contributed by atoms with E-state index in [1.54, 1.807) is 0 Å². The van der Waals surface area contributed by atoms with E-state index in [0.717, 1.165) is 32.7 Å². The molecule has 4 heteroatoms. The van der Waals surface area contributed by atoms with Crippen molar-refractivity contribution < 1.29 is 8.39 Å². The van der Waals surface area contributed by atoms with E-state index in [1.165, 1.54) is 27.5 Å². The average molecular weight is 602 g/mol. The largest absolute Gasteiger partial charge is 0.408 e. The fourth-order valence-electron chi connectivity index (χ4n) is 6.56. The van der Waals surface area contributed by atoms with Crippen LogP contribution in [0.2, 0.25) is 0 Å². The van der Waals surface area contributed by atoms with Gasteiger partial charge in [0.15, 0.2) is 0 Å². The van der Waals surface area contributed by atoms with Gasteiger partial charge in [0.1, 0.15) is 11.2 Å². The fraction of sp³-hybridized carbons (Fsp3) is 0.0732. The van der Waals surface area contributed by atoms with Crippen molar-refractivity contribution in [3.05, 3.63) is 180 Å². The second kappa shape index (κ2) is 11.8. The molecule has 45 heavy (non-hydrogen) atoms. The van der Waals surface area contributed by atoms with Crippen molar-refractivity contribution in [3.63, 3.8) is 0 Å². The molecule has 0 aliphatic carbocycles. The SMILES string of the molecule is C[C@@H](c1ccccc1)N(C(c1ccccc1)c1ccccc1)p1oc2ccc3ccccc3c2c2c(ccc3ccccc32)o1. The minimum atomic E-state index is -1.66. The lowest BCUT2D eigenvalue weighted by Crippen LogP contribution is -2.30. The second-order valence-corrected chi connectivity index (χ2v) is 12.7. The molecule has 0 amide bonds. The highest BCUT2D eigenvalue weighted by Gasteiger charge is 2.33. The topological polar surface area (TPSA) is 29.5 Å². The van der Waals surface area contributed by atoms with Gasteiger partial charge in [0.25, 0.3) is 0 Å². The lowest BCUT2D eigenvalue weighted by Gasteiger charge is -2.34. The Hall–Kier alpha value is -5.08. The minimum Gasteiger partial charge on any atom is -0.408 e. The summed E-state index contributed by atoms with van der Waals surface area (Å²) in [7, 11) is -1.66. The minimum absolute atomic E-state index is 0.0337. The summed E-state index contributed by atoms with van der Waals surface area (Å²) in [6.45, 7) is 2.26. The molecular weight excluding hydrogens is 569 g/mol. The van der Waals surface area contributed by atoms with Gasteiger partial charge >= 0.3 is 8.16 Å². The lowest BCUT2D eigenvalue weighted by atomic mass is 9.96. The first kappa shape index (κ1) is 27.5. The van der Waals surface area contributed by atoms with E-state index in [-0.39, 0.29) is 12.1 Å². The molecule has 218 valence electrons. The molecule has 1 heterocycles. The summed E-state index contributed by atoms with van der Waals surface area (Å²) in [5.41, 5.74) is 5.23. The van der Waals surface area contributed by atoms with Gasteiger partial charge in [-0.05, 0) is 57.3 Å². The highest BCUT2D eigenvalue weighted by molar-refractivity contribution is 7.39. The van der Waals surface area contributed by atoms with Gasteiger partial charge in [0, 0.05) is 16.8 Å². The summed E-state index contributed by atoms with van der Waals surface area (Å²) < 4.78 is 16.8. The molecule has 0 saturated carbocycles. The van der Waals surface area contributed by atoms with E-state index < -0.39 is 8.16 Å². The van der Waals surface area contributed by atoms with Crippen LogP contribution in [-0.4, -0.2) is 0 Å². The molecule has 0 unspecified atom stereocenters. The third-order valence-corrected chi connectivity index (χ3v) is 10.4. The molecular formula is C41H32NO2P. The summed E-state index contributed by atoms with van der Waals surface area (Å²) in [6.07, 6.45) is 0. The predicted octanol–water partition coefficient (Wildman–Crippen LogP) is 12.1. The first-order valence-electron chi connectivity index (χ1n) is 15.4. The summed E-state index contributed by atoms with van der Waals surface area (Å²) in [5, 5.41) is 6.80. The number of fused-ring (bicyclic) bond motifs is 7. The summed E-state index contributed by atoms with van der Waals surface area (Å²) in [4.78, 5) is 0. The normalized spacial score (nSPS) is 12.4. The maximum absolute atomic E-state index is 7.19. The van der Waals surface area contributed by atoms with Crippen molar-refractivity contribution >= 4 is 51.6 Å². The van der Waals surface area contributed by atoms with Crippen molar-refractivity contribution in [2.75, 3.05) is 4.67 Å². The smallest absolute Gasteiger partial charge is 0.311 e. The molecule has 0 saturated heterocycles. The van der Waals surface area contributed by atoms with Crippen molar-refractivity contribution in [2.24, 2.45) is 0 Å². The van der Waals surface area contributed by atoms with E-state index in [0.29, 0.717) is 0 Å². The Labute approximate surface area is 263 Å². The Balaban J connectivity index is 1.51. The first-order chi connectivity index (χ1) is 22.3. The van der Waals surface area contributed by atoms with E-state index in [1.807, 2.05) is 0 Å². The Bertz CT molecular complexity index is 2160. The molecule has 1 aromatic heterocycles. The molecule has 8 aromatic rings. The number of benzene rings is 7. The highest BCUT2D eigenvalue weighted by atomic mass is 31.1. The standard InChI is InChI=1S/C41H32NO2P/c1-29(30-15-5-2-6-16-30)42(41(33-19-7-3-8-20-33)34-21-9-4-10-22-34)45-43-37-27-25-31-17-11-13-23-35(31)39(37)40-36-24-14-12-18-32(36)26-28-38(40)44-45/h2-29,41H,1H3/t29-/m0/s1. The van der Waals surface area contributed by atoms with Crippen molar-refractivity contribution in [3.8, 4) is 0 Å². The van der Waals surface area contributed by atoms with Gasteiger partial charge in [-0.2, -0.15) is 4.67 Å². The Morgan fingerprint density at radius 1 is 0.444 bits per heavy atom. The summed E-state index contributed by atoms with van der Waals surface area (Å²) in [6, 6.07) is 57.6. The molecule has 7 aromatic carbocycles. The van der Waals surface area contributed by atoms with Crippen LogP contribution in [0, 0.1) is 0 Å². The fourth-order valence-corrected chi connectivity index (χ4v) is 8.30. The third-order valence-electron chi connectivity index (χ3n) is 8.75. The molecule has 0 bridgehead atoms. The molecule has 8 rings (SSSR count). The summed E-state index contributed by atoms with van der Waals surface area (Å²) in [5.74, 6) is 0. The summed E-state index contributed by atoms with van der Waals surface area (Å²) >= 11 is 0.